The van der Waals surface area contributed by atoms with E-state index in [1.807, 2.05) is 0 Å². The quantitative estimate of drug-likeness (QED) is 0.858. The Hall–Kier alpha value is -1.69. The van der Waals surface area contributed by atoms with Crippen LogP contribution in [0, 0.1) is 0 Å². The van der Waals surface area contributed by atoms with Crippen LogP contribution in [0.1, 0.15) is 23.2 Å². The van der Waals surface area contributed by atoms with E-state index in [9.17, 15) is 13.6 Å². The Morgan fingerprint density at radius 2 is 2.06 bits per heavy atom. The van der Waals surface area contributed by atoms with Crippen molar-refractivity contribution in [3.05, 3.63) is 29.8 Å². The zero-order valence-electron chi connectivity index (χ0n) is 9.61. The first-order chi connectivity index (χ1) is 8.56. The Morgan fingerprint density at radius 1 is 1.39 bits per heavy atom. The fourth-order valence-corrected chi connectivity index (χ4v) is 1.90. The van der Waals surface area contributed by atoms with E-state index < -0.39 is 12.5 Å². The lowest BCUT2D eigenvalue weighted by atomic mass is 9.87. The molecule has 1 aliphatic rings. The van der Waals surface area contributed by atoms with Crippen LogP contribution in [0.15, 0.2) is 24.3 Å². The van der Waals surface area contributed by atoms with Crippen molar-refractivity contribution in [2.24, 2.45) is 5.73 Å². The van der Waals surface area contributed by atoms with Crippen molar-refractivity contribution in [3.63, 3.8) is 0 Å². The molecule has 0 atom stereocenters. The van der Waals surface area contributed by atoms with Gasteiger partial charge in [0, 0.05) is 12.1 Å². The summed E-state index contributed by atoms with van der Waals surface area (Å²) in [7, 11) is 0. The number of hydrogen-bond acceptors (Lipinski definition) is 3. The average molecular weight is 256 g/mol. The van der Waals surface area contributed by atoms with Gasteiger partial charge in [0.25, 0.3) is 5.91 Å². The van der Waals surface area contributed by atoms with Crippen molar-refractivity contribution >= 4 is 5.91 Å². The van der Waals surface area contributed by atoms with Crippen LogP contribution in [0.5, 0.6) is 5.75 Å². The topological polar surface area (TPSA) is 64.3 Å². The summed E-state index contributed by atoms with van der Waals surface area (Å²) in [5.74, 6) is -0.531. The van der Waals surface area contributed by atoms with Crippen LogP contribution in [0.2, 0.25) is 0 Å². The first kappa shape index (κ1) is 12.8. The fourth-order valence-electron chi connectivity index (χ4n) is 1.90. The number of hydrogen-bond donors (Lipinski definition) is 2. The molecule has 2 rings (SSSR count). The van der Waals surface area contributed by atoms with Crippen LogP contribution in [0.3, 0.4) is 0 Å². The Labute approximate surface area is 103 Å². The standard InChI is InChI=1S/C12H14F2N2O2/c13-12(14)18-10-4-2-1-3-9(10)11(17)16-8-5-7(15)6-8/h1-4,7-8,12H,5-6,15H2,(H,16,17). The summed E-state index contributed by atoms with van der Waals surface area (Å²) in [6.45, 7) is -2.95. The maximum absolute atomic E-state index is 12.2. The largest absolute Gasteiger partial charge is 0.434 e. The van der Waals surface area contributed by atoms with E-state index in [2.05, 4.69) is 10.1 Å². The van der Waals surface area contributed by atoms with Crippen LogP contribution < -0.4 is 15.8 Å². The summed E-state index contributed by atoms with van der Waals surface area (Å²) < 4.78 is 28.7. The SMILES string of the molecule is NC1CC(NC(=O)c2ccccc2OC(F)F)C1. The lowest BCUT2D eigenvalue weighted by Crippen LogP contribution is -2.50. The van der Waals surface area contributed by atoms with Gasteiger partial charge in [-0.1, -0.05) is 12.1 Å². The molecule has 0 radical (unpaired) electrons. The molecule has 1 aliphatic carbocycles. The molecule has 6 heteroatoms. The lowest BCUT2D eigenvalue weighted by Gasteiger charge is -2.33. The third kappa shape index (κ3) is 2.95. The summed E-state index contributed by atoms with van der Waals surface area (Å²) in [5, 5.41) is 2.73. The number of nitrogens with two attached hydrogens (primary N) is 1. The highest BCUT2D eigenvalue weighted by Crippen LogP contribution is 2.22. The first-order valence-electron chi connectivity index (χ1n) is 5.66. The van der Waals surface area contributed by atoms with Crippen LogP contribution in [0.25, 0.3) is 0 Å². The highest BCUT2D eigenvalue weighted by atomic mass is 19.3. The third-order valence-electron chi connectivity index (χ3n) is 2.86. The maximum atomic E-state index is 12.2. The summed E-state index contributed by atoms with van der Waals surface area (Å²) in [5.41, 5.74) is 5.71. The molecule has 1 aromatic carbocycles. The van der Waals surface area contributed by atoms with Crippen LogP contribution in [-0.4, -0.2) is 24.6 Å². The maximum Gasteiger partial charge on any atom is 0.387 e. The van der Waals surface area contributed by atoms with Gasteiger partial charge in [-0.3, -0.25) is 4.79 Å². The zero-order chi connectivity index (χ0) is 13.1. The number of ether oxygens (including phenoxy) is 1. The Balaban J connectivity index is 2.04. The molecule has 0 saturated heterocycles. The second-order valence-electron chi connectivity index (χ2n) is 4.28. The summed E-state index contributed by atoms with van der Waals surface area (Å²) in [6.07, 6.45) is 1.42. The van der Waals surface area contributed by atoms with Gasteiger partial charge >= 0.3 is 6.61 Å². The van der Waals surface area contributed by atoms with Gasteiger partial charge in [0.05, 0.1) is 5.56 Å². The van der Waals surface area contributed by atoms with E-state index >= 15 is 0 Å². The molecule has 3 N–H and O–H groups in total. The van der Waals surface area contributed by atoms with Gasteiger partial charge in [-0.15, -0.1) is 0 Å². The number of carbonyl (C=O) groups is 1. The van der Waals surface area contributed by atoms with Crippen LogP contribution in [0.4, 0.5) is 8.78 Å². The van der Waals surface area contributed by atoms with Crippen LogP contribution in [-0.2, 0) is 0 Å². The van der Waals surface area contributed by atoms with Gasteiger partial charge in [-0.05, 0) is 25.0 Å². The lowest BCUT2D eigenvalue weighted by molar-refractivity contribution is -0.0501. The predicted molar refractivity (Wildman–Crippen MR) is 61.5 cm³/mol. The molecule has 0 aliphatic heterocycles. The van der Waals surface area contributed by atoms with Crippen molar-refractivity contribution in [2.75, 3.05) is 0 Å². The minimum absolute atomic E-state index is 0.0205. The normalized spacial score (nSPS) is 22.4. The second kappa shape index (κ2) is 5.30. The molecule has 98 valence electrons. The van der Waals surface area contributed by atoms with Gasteiger partial charge in [0.2, 0.25) is 0 Å². The van der Waals surface area contributed by atoms with E-state index in [-0.39, 0.29) is 23.4 Å². The summed E-state index contributed by atoms with van der Waals surface area (Å²) >= 11 is 0. The molecular formula is C12H14F2N2O2. The van der Waals surface area contributed by atoms with E-state index in [4.69, 9.17) is 5.73 Å². The number of alkyl halides is 2. The molecular weight excluding hydrogens is 242 g/mol. The van der Waals surface area contributed by atoms with Gasteiger partial charge in [0.1, 0.15) is 5.75 Å². The molecule has 0 unspecified atom stereocenters. The molecule has 0 heterocycles. The highest BCUT2D eigenvalue weighted by molar-refractivity contribution is 5.97. The van der Waals surface area contributed by atoms with Crippen molar-refractivity contribution < 1.29 is 18.3 Å². The van der Waals surface area contributed by atoms with Crippen molar-refractivity contribution in [3.8, 4) is 5.75 Å². The number of carbonyl (C=O) groups excluding carboxylic acids is 1. The second-order valence-corrected chi connectivity index (χ2v) is 4.28. The first-order valence-corrected chi connectivity index (χ1v) is 5.66. The Bertz CT molecular complexity index is 434. The number of amides is 1. The van der Waals surface area contributed by atoms with Gasteiger partial charge < -0.3 is 15.8 Å². The van der Waals surface area contributed by atoms with Gasteiger partial charge in [0.15, 0.2) is 0 Å². The van der Waals surface area contributed by atoms with Gasteiger partial charge in [-0.25, -0.2) is 0 Å². The molecule has 1 amide bonds. The van der Waals surface area contributed by atoms with Crippen molar-refractivity contribution in [1.82, 2.24) is 5.32 Å². The Kier molecular flexibility index (Phi) is 3.76. The highest BCUT2D eigenvalue weighted by Gasteiger charge is 2.28. The minimum Gasteiger partial charge on any atom is -0.434 e. The molecule has 4 nitrogen and oxygen atoms in total. The van der Waals surface area contributed by atoms with Crippen molar-refractivity contribution in [2.45, 2.75) is 31.5 Å². The molecule has 18 heavy (non-hydrogen) atoms. The zero-order valence-corrected chi connectivity index (χ0v) is 9.61. The monoisotopic (exact) mass is 256 g/mol. The third-order valence-corrected chi connectivity index (χ3v) is 2.86. The number of halogens is 2. The summed E-state index contributed by atoms with van der Waals surface area (Å²) in [6, 6.07) is 6.06. The van der Waals surface area contributed by atoms with Gasteiger partial charge in [-0.2, -0.15) is 8.78 Å². The molecule has 0 aromatic heterocycles. The molecule has 0 bridgehead atoms. The number of benzene rings is 1. The predicted octanol–water partition coefficient (Wildman–Crippen LogP) is 1.51. The van der Waals surface area contributed by atoms with E-state index in [0.717, 1.165) is 0 Å². The van der Waals surface area contributed by atoms with E-state index in [1.54, 1.807) is 6.07 Å². The Morgan fingerprint density at radius 3 is 2.67 bits per heavy atom. The van der Waals surface area contributed by atoms with Crippen molar-refractivity contribution in [1.29, 1.82) is 0 Å². The fraction of sp³-hybridized carbons (Fsp3) is 0.417. The molecule has 1 aromatic rings. The van der Waals surface area contributed by atoms with Crippen LogP contribution >= 0.6 is 0 Å². The van der Waals surface area contributed by atoms with E-state index in [0.29, 0.717) is 12.8 Å². The summed E-state index contributed by atoms with van der Waals surface area (Å²) in [4.78, 5) is 11.9. The molecule has 1 saturated carbocycles. The minimum atomic E-state index is -2.95. The number of para-hydroxylation sites is 1. The smallest absolute Gasteiger partial charge is 0.387 e. The molecule has 1 fully saturated rings. The number of rotatable bonds is 4. The average Bonchev–Trinajstić information content (AvgIpc) is 2.26. The number of nitrogens with one attached hydrogen (secondary N) is 1. The van der Waals surface area contributed by atoms with E-state index in [1.165, 1.54) is 18.2 Å². The molecule has 0 spiro atoms.